The highest BCUT2D eigenvalue weighted by Gasteiger charge is 2.30. The molecule has 0 atom stereocenters. The number of hydrogen-bond acceptors (Lipinski definition) is 7. The second-order valence-corrected chi connectivity index (χ2v) is 9.02. The van der Waals surface area contributed by atoms with Gasteiger partial charge in [-0.25, -0.2) is 14.8 Å². The number of morpholine rings is 1. The van der Waals surface area contributed by atoms with Crippen molar-refractivity contribution in [2.75, 3.05) is 62.8 Å². The van der Waals surface area contributed by atoms with Crippen molar-refractivity contribution in [1.82, 2.24) is 20.2 Å². The molecule has 36 heavy (non-hydrogen) atoms. The second kappa shape index (κ2) is 13.0. The van der Waals surface area contributed by atoms with Gasteiger partial charge in [0.2, 0.25) is 0 Å². The number of hydrogen-bond donors (Lipinski definition) is 2. The summed E-state index contributed by atoms with van der Waals surface area (Å²) >= 11 is 0. The van der Waals surface area contributed by atoms with Gasteiger partial charge in [0.15, 0.2) is 5.82 Å². The van der Waals surface area contributed by atoms with Crippen LogP contribution in [0.15, 0.2) is 24.3 Å². The molecule has 2 saturated heterocycles. The Morgan fingerprint density at radius 1 is 1.00 bits per heavy atom. The Labute approximate surface area is 214 Å². The molecule has 1 aromatic heterocycles. The molecule has 9 nitrogen and oxygen atoms in total. The van der Waals surface area contributed by atoms with Gasteiger partial charge in [0.1, 0.15) is 5.82 Å². The molecule has 196 valence electrons. The van der Waals surface area contributed by atoms with Crippen LogP contribution in [0.25, 0.3) is 11.4 Å². The van der Waals surface area contributed by atoms with Gasteiger partial charge in [0.25, 0.3) is 0 Å². The lowest BCUT2D eigenvalue weighted by Gasteiger charge is -2.38. The molecular weight excluding hydrogens is 456 g/mol. The fourth-order valence-corrected chi connectivity index (χ4v) is 5.00. The smallest absolute Gasteiger partial charge is 0.319 e. The number of rotatable bonds is 5. The molecule has 0 bridgehead atoms. The monoisotopic (exact) mass is 496 g/mol. The molecular formula is C27H40N6O3. The van der Waals surface area contributed by atoms with Gasteiger partial charge in [0, 0.05) is 68.8 Å². The first kappa shape index (κ1) is 26.3. The molecule has 2 aromatic rings. The first-order chi connectivity index (χ1) is 17.7. The normalized spacial score (nSPS) is 18.6. The minimum absolute atomic E-state index is 0.205. The summed E-state index contributed by atoms with van der Waals surface area (Å²) < 4.78 is 11.2. The van der Waals surface area contributed by atoms with Gasteiger partial charge in [-0.05, 0) is 50.5 Å². The van der Waals surface area contributed by atoms with Gasteiger partial charge in [-0.15, -0.1) is 0 Å². The Balaban J connectivity index is 0.00000148. The number of nitrogens with one attached hydrogen (secondary N) is 2. The van der Waals surface area contributed by atoms with Crippen molar-refractivity contribution >= 4 is 17.5 Å². The summed E-state index contributed by atoms with van der Waals surface area (Å²) in [4.78, 5) is 26.9. The van der Waals surface area contributed by atoms with Gasteiger partial charge >= 0.3 is 6.03 Å². The molecule has 2 fully saturated rings. The molecule has 3 aliphatic rings. The van der Waals surface area contributed by atoms with E-state index in [1.807, 2.05) is 45.0 Å². The van der Waals surface area contributed by atoms with E-state index in [1.54, 1.807) is 0 Å². The van der Waals surface area contributed by atoms with E-state index in [4.69, 9.17) is 19.4 Å². The van der Waals surface area contributed by atoms with Crippen molar-refractivity contribution < 1.29 is 14.3 Å². The molecule has 0 aliphatic carbocycles. The van der Waals surface area contributed by atoms with Crippen LogP contribution in [-0.2, 0) is 22.4 Å². The zero-order chi connectivity index (χ0) is 25.3. The van der Waals surface area contributed by atoms with Crippen LogP contribution in [0.4, 0.5) is 16.3 Å². The van der Waals surface area contributed by atoms with E-state index in [0.717, 1.165) is 100 Å². The summed E-state index contributed by atoms with van der Waals surface area (Å²) in [7, 11) is 0. The summed E-state index contributed by atoms with van der Waals surface area (Å²) in [6, 6.07) is 8.11. The van der Waals surface area contributed by atoms with Crippen molar-refractivity contribution in [3.63, 3.8) is 0 Å². The number of carbonyl (C=O) groups excluding carboxylic acids is 1. The molecule has 0 saturated carbocycles. The number of urea groups is 1. The van der Waals surface area contributed by atoms with Gasteiger partial charge in [-0.2, -0.15) is 0 Å². The van der Waals surface area contributed by atoms with Crippen molar-refractivity contribution in [2.45, 2.75) is 52.6 Å². The molecule has 3 aliphatic heterocycles. The third kappa shape index (κ3) is 6.32. The number of carbonyl (C=O) groups is 1. The molecule has 2 amide bonds. The van der Waals surface area contributed by atoms with E-state index in [-0.39, 0.29) is 6.03 Å². The lowest BCUT2D eigenvalue weighted by molar-refractivity contribution is 0.0284. The number of anilines is 2. The quantitative estimate of drug-likeness (QED) is 0.652. The fraction of sp³-hybridized carbons (Fsp3) is 0.593. The molecule has 0 radical (unpaired) electrons. The van der Waals surface area contributed by atoms with Crippen molar-refractivity contribution in [3.8, 4) is 11.4 Å². The Morgan fingerprint density at radius 3 is 2.39 bits per heavy atom. The average molecular weight is 497 g/mol. The second-order valence-electron chi connectivity index (χ2n) is 9.02. The van der Waals surface area contributed by atoms with Crippen LogP contribution in [0.3, 0.4) is 0 Å². The summed E-state index contributed by atoms with van der Waals surface area (Å²) in [5.41, 5.74) is 4.10. The minimum Gasteiger partial charge on any atom is -0.381 e. The zero-order valence-corrected chi connectivity index (χ0v) is 21.9. The highest BCUT2D eigenvalue weighted by molar-refractivity contribution is 5.89. The number of nitrogens with zero attached hydrogens (tertiary/aromatic N) is 4. The van der Waals surface area contributed by atoms with Crippen LogP contribution in [0.1, 0.15) is 44.9 Å². The summed E-state index contributed by atoms with van der Waals surface area (Å²) in [6.07, 6.45) is 3.14. The number of amides is 2. The van der Waals surface area contributed by atoms with E-state index in [1.165, 1.54) is 5.56 Å². The van der Waals surface area contributed by atoms with Crippen LogP contribution >= 0.6 is 0 Å². The number of ether oxygens (including phenoxy) is 2. The Bertz CT molecular complexity index is 988. The Hall–Kier alpha value is -2.75. The lowest BCUT2D eigenvalue weighted by Crippen LogP contribution is -2.44. The van der Waals surface area contributed by atoms with Crippen LogP contribution in [-0.4, -0.2) is 79.5 Å². The van der Waals surface area contributed by atoms with E-state index in [9.17, 15) is 4.79 Å². The number of fused-ring (bicyclic) bond motifs is 1. The van der Waals surface area contributed by atoms with Crippen LogP contribution in [0.2, 0.25) is 0 Å². The van der Waals surface area contributed by atoms with Crippen molar-refractivity contribution in [2.24, 2.45) is 0 Å². The van der Waals surface area contributed by atoms with E-state index >= 15 is 0 Å². The largest absolute Gasteiger partial charge is 0.381 e. The van der Waals surface area contributed by atoms with Crippen LogP contribution < -0.4 is 15.5 Å². The fourth-order valence-electron chi connectivity index (χ4n) is 5.00. The average Bonchev–Trinajstić information content (AvgIpc) is 2.95. The maximum absolute atomic E-state index is 11.8. The standard InChI is InChI=1S/C25H34N6O3.C2H6/c1-2-26-25(32)27-19-5-3-18(4-6-19)23-28-22-17-31(20-8-13-33-14-9-20)10-7-21(22)24(29-23)30-11-15-34-16-12-30;1-2/h3-6,20H,2,7-17H2,1H3,(H2,26,27,32);1-2H3. The third-order valence-corrected chi connectivity index (χ3v) is 6.83. The van der Waals surface area contributed by atoms with Crippen LogP contribution in [0.5, 0.6) is 0 Å². The lowest BCUT2D eigenvalue weighted by atomic mass is 9.99. The summed E-state index contributed by atoms with van der Waals surface area (Å²) in [6.45, 7) is 13.2. The van der Waals surface area contributed by atoms with Crippen molar-refractivity contribution in [1.29, 1.82) is 0 Å². The van der Waals surface area contributed by atoms with Crippen molar-refractivity contribution in [3.05, 3.63) is 35.5 Å². The highest BCUT2D eigenvalue weighted by Crippen LogP contribution is 2.32. The van der Waals surface area contributed by atoms with E-state index in [0.29, 0.717) is 12.6 Å². The Morgan fingerprint density at radius 2 is 1.69 bits per heavy atom. The number of benzene rings is 1. The SMILES string of the molecule is CC.CCNC(=O)Nc1ccc(-c2nc3c(c(N4CCOCC4)n2)CCN(C2CCOCC2)C3)cc1. The Kier molecular flexibility index (Phi) is 9.49. The van der Waals surface area contributed by atoms with Crippen LogP contribution in [0, 0.1) is 0 Å². The zero-order valence-electron chi connectivity index (χ0n) is 21.9. The van der Waals surface area contributed by atoms with Gasteiger partial charge in [-0.1, -0.05) is 13.8 Å². The maximum Gasteiger partial charge on any atom is 0.319 e. The summed E-state index contributed by atoms with van der Waals surface area (Å²) in [5.74, 6) is 1.79. The molecule has 0 unspecified atom stereocenters. The van der Waals surface area contributed by atoms with Gasteiger partial charge in [-0.3, -0.25) is 4.90 Å². The predicted octanol–water partition coefficient (Wildman–Crippen LogP) is 3.68. The number of aromatic nitrogens is 2. The molecule has 9 heteroatoms. The maximum atomic E-state index is 11.8. The third-order valence-electron chi connectivity index (χ3n) is 6.83. The molecule has 2 N–H and O–H groups in total. The highest BCUT2D eigenvalue weighted by atomic mass is 16.5. The molecule has 4 heterocycles. The predicted molar refractivity (Wildman–Crippen MR) is 142 cm³/mol. The summed E-state index contributed by atoms with van der Waals surface area (Å²) in [5, 5.41) is 5.59. The first-order valence-corrected chi connectivity index (χ1v) is 13.4. The van der Waals surface area contributed by atoms with Gasteiger partial charge < -0.3 is 25.0 Å². The van der Waals surface area contributed by atoms with E-state index < -0.39 is 0 Å². The topological polar surface area (TPSA) is 91.9 Å². The van der Waals surface area contributed by atoms with Gasteiger partial charge in [0.05, 0.1) is 18.9 Å². The molecule has 5 rings (SSSR count). The minimum atomic E-state index is -0.205. The first-order valence-electron chi connectivity index (χ1n) is 13.4. The molecule has 0 spiro atoms. The van der Waals surface area contributed by atoms with E-state index in [2.05, 4.69) is 20.4 Å². The molecule has 1 aromatic carbocycles.